The minimum atomic E-state index is -0.0403. The van der Waals surface area contributed by atoms with Crippen LogP contribution in [0.15, 0.2) is 36.5 Å². The van der Waals surface area contributed by atoms with Gasteiger partial charge in [0.15, 0.2) is 0 Å². The molecule has 7 nitrogen and oxygen atoms in total. The van der Waals surface area contributed by atoms with Crippen LogP contribution in [-0.4, -0.2) is 70.4 Å². The summed E-state index contributed by atoms with van der Waals surface area (Å²) >= 11 is 0. The zero-order valence-electron chi connectivity index (χ0n) is 14.4. The van der Waals surface area contributed by atoms with Crippen molar-refractivity contribution in [3.63, 3.8) is 0 Å². The molecule has 0 spiro atoms. The number of amides is 1. The van der Waals surface area contributed by atoms with Gasteiger partial charge in [-0.15, -0.1) is 0 Å². The third-order valence-corrected chi connectivity index (χ3v) is 4.61. The molecule has 1 aliphatic rings. The molecule has 25 heavy (non-hydrogen) atoms. The number of aliphatic hydroxyl groups is 1. The topological polar surface area (TPSA) is 81.7 Å². The molecule has 1 saturated heterocycles. The minimum absolute atomic E-state index is 0.0403. The molecule has 7 heteroatoms. The molecule has 0 bridgehead atoms. The molecule has 0 aliphatic carbocycles. The number of carbonyl (C=O) groups excluding carboxylic acids is 1. The maximum absolute atomic E-state index is 12.5. The van der Waals surface area contributed by atoms with E-state index in [4.69, 9.17) is 4.74 Å². The van der Waals surface area contributed by atoms with Crippen LogP contribution >= 0.6 is 0 Å². The summed E-state index contributed by atoms with van der Waals surface area (Å²) in [5, 5.41) is 16.0. The number of carbonyl (C=O) groups is 1. The highest BCUT2D eigenvalue weighted by atomic mass is 16.5. The maximum Gasteiger partial charge on any atom is 0.271 e. The molecule has 2 heterocycles. The first-order chi connectivity index (χ1) is 12.2. The molecule has 1 atom stereocenters. The lowest BCUT2D eigenvalue weighted by Crippen LogP contribution is -2.54. The first-order valence-electron chi connectivity index (χ1n) is 8.47. The summed E-state index contributed by atoms with van der Waals surface area (Å²) in [5.74, 6) is 0.797. The van der Waals surface area contributed by atoms with Crippen LogP contribution in [0.5, 0.6) is 5.75 Å². The molecule has 1 fully saturated rings. The molecule has 1 aromatic carbocycles. The molecule has 0 radical (unpaired) electrons. The zero-order chi connectivity index (χ0) is 17.6. The number of methoxy groups -OCH3 is 1. The average molecular weight is 344 g/mol. The Morgan fingerprint density at radius 1 is 1.40 bits per heavy atom. The third-order valence-electron chi connectivity index (χ3n) is 4.61. The van der Waals surface area contributed by atoms with Crippen LogP contribution in [0.1, 0.15) is 22.5 Å². The number of nitrogens with zero attached hydrogens (tertiary/aromatic N) is 3. The van der Waals surface area contributed by atoms with Crippen LogP contribution in [-0.2, 0) is 6.54 Å². The van der Waals surface area contributed by atoms with Crippen LogP contribution in [0.25, 0.3) is 0 Å². The van der Waals surface area contributed by atoms with E-state index < -0.39 is 0 Å². The van der Waals surface area contributed by atoms with Gasteiger partial charge in [-0.1, -0.05) is 12.1 Å². The van der Waals surface area contributed by atoms with Gasteiger partial charge in [0.05, 0.1) is 7.11 Å². The summed E-state index contributed by atoms with van der Waals surface area (Å²) in [6.07, 6.45) is 2.22. The normalized spacial score (nSPS) is 18.3. The quantitative estimate of drug-likeness (QED) is 0.821. The first-order valence-corrected chi connectivity index (χ1v) is 8.47. The predicted molar refractivity (Wildman–Crippen MR) is 93.4 cm³/mol. The Bertz CT molecular complexity index is 689. The van der Waals surface area contributed by atoms with Gasteiger partial charge in [-0.25, -0.2) is 0 Å². The van der Waals surface area contributed by atoms with Crippen LogP contribution in [0.4, 0.5) is 0 Å². The highest BCUT2D eigenvalue weighted by molar-refractivity contribution is 5.92. The number of hydrogen-bond donors (Lipinski definition) is 2. The number of H-pyrrole nitrogens is 1. The molecule has 1 amide bonds. The number of ether oxygens (including phenoxy) is 1. The lowest BCUT2D eigenvalue weighted by Gasteiger charge is -2.41. The van der Waals surface area contributed by atoms with Gasteiger partial charge in [0.25, 0.3) is 5.91 Å². The molecule has 1 aromatic heterocycles. The van der Waals surface area contributed by atoms with Crippen molar-refractivity contribution in [2.45, 2.75) is 19.0 Å². The van der Waals surface area contributed by atoms with Gasteiger partial charge in [0.2, 0.25) is 0 Å². The van der Waals surface area contributed by atoms with Gasteiger partial charge in [0.1, 0.15) is 11.4 Å². The second-order valence-corrected chi connectivity index (χ2v) is 6.21. The summed E-state index contributed by atoms with van der Waals surface area (Å²) in [7, 11) is 1.66. The summed E-state index contributed by atoms with van der Waals surface area (Å²) in [6, 6.07) is 9.81. The van der Waals surface area contributed by atoms with Crippen molar-refractivity contribution in [3.05, 3.63) is 47.8 Å². The summed E-state index contributed by atoms with van der Waals surface area (Å²) < 4.78 is 5.29. The Balaban J connectivity index is 1.68. The van der Waals surface area contributed by atoms with Gasteiger partial charge in [-0.3, -0.25) is 14.8 Å². The van der Waals surface area contributed by atoms with Crippen molar-refractivity contribution in [1.29, 1.82) is 0 Å². The number of hydrogen-bond acceptors (Lipinski definition) is 5. The van der Waals surface area contributed by atoms with Crippen LogP contribution in [0.3, 0.4) is 0 Å². The minimum Gasteiger partial charge on any atom is -0.497 e. The molecule has 2 aromatic rings. The average Bonchev–Trinajstić information content (AvgIpc) is 3.17. The number of aromatic amines is 1. The van der Waals surface area contributed by atoms with E-state index in [2.05, 4.69) is 21.2 Å². The Morgan fingerprint density at radius 3 is 3.00 bits per heavy atom. The smallest absolute Gasteiger partial charge is 0.271 e. The summed E-state index contributed by atoms with van der Waals surface area (Å²) in [4.78, 5) is 16.7. The molecule has 134 valence electrons. The van der Waals surface area contributed by atoms with Gasteiger partial charge < -0.3 is 14.7 Å². The molecule has 2 N–H and O–H groups in total. The van der Waals surface area contributed by atoms with E-state index in [9.17, 15) is 9.90 Å². The van der Waals surface area contributed by atoms with E-state index in [1.807, 2.05) is 23.1 Å². The highest BCUT2D eigenvalue weighted by Gasteiger charge is 2.30. The van der Waals surface area contributed by atoms with Crippen molar-refractivity contribution in [2.24, 2.45) is 0 Å². The van der Waals surface area contributed by atoms with Crippen LogP contribution < -0.4 is 4.74 Å². The summed E-state index contributed by atoms with van der Waals surface area (Å²) in [5.41, 5.74) is 1.67. The molecular weight excluding hydrogens is 320 g/mol. The number of aliphatic hydroxyl groups excluding tert-OH is 1. The van der Waals surface area contributed by atoms with E-state index in [1.54, 1.807) is 19.4 Å². The largest absolute Gasteiger partial charge is 0.497 e. The Hall–Kier alpha value is -2.38. The number of aromatic nitrogens is 2. The van der Waals surface area contributed by atoms with Crippen LogP contribution in [0.2, 0.25) is 0 Å². The van der Waals surface area contributed by atoms with Crippen molar-refractivity contribution in [3.8, 4) is 5.75 Å². The van der Waals surface area contributed by atoms with E-state index in [1.165, 1.54) is 0 Å². The molecular formula is C18H24N4O3. The zero-order valence-corrected chi connectivity index (χ0v) is 14.4. The number of rotatable bonds is 6. The second-order valence-electron chi connectivity index (χ2n) is 6.21. The van der Waals surface area contributed by atoms with E-state index in [-0.39, 0.29) is 18.6 Å². The maximum atomic E-state index is 12.5. The van der Waals surface area contributed by atoms with Crippen molar-refractivity contribution < 1.29 is 14.6 Å². The first kappa shape index (κ1) is 17.4. The van der Waals surface area contributed by atoms with E-state index in [0.717, 1.165) is 24.4 Å². The SMILES string of the molecule is COc1cccc(CN2CCN(C(=O)c3ccn[nH]3)C[C@H]2CCO)c1. The molecule has 0 unspecified atom stereocenters. The fourth-order valence-electron chi connectivity index (χ4n) is 3.26. The standard InChI is InChI=1S/C18H24N4O3/c1-25-16-4-2-3-14(11-16)12-21-8-9-22(13-15(21)6-10-23)18(24)17-5-7-19-20-17/h2-5,7,11,15,23H,6,8-10,12-13H2,1H3,(H,19,20)/t15-/m1/s1. The fourth-order valence-corrected chi connectivity index (χ4v) is 3.26. The summed E-state index contributed by atoms with van der Waals surface area (Å²) in [6.45, 7) is 2.90. The predicted octanol–water partition coefficient (Wildman–Crippen LogP) is 1.13. The Labute approximate surface area is 147 Å². The molecule has 3 rings (SSSR count). The monoisotopic (exact) mass is 344 g/mol. The van der Waals surface area contributed by atoms with Gasteiger partial charge >= 0.3 is 0 Å². The van der Waals surface area contributed by atoms with Gasteiger partial charge in [0, 0.05) is 45.0 Å². The number of nitrogens with one attached hydrogen (secondary N) is 1. The fraction of sp³-hybridized carbons (Fsp3) is 0.444. The van der Waals surface area contributed by atoms with E-state index in [0.29, 0.717) is 25.2 Å². The second kappa shape index (κ2) is 8.13. The van der Waals surface area contributed by atoms with Crippen molar-refractivity contribution >= 4 is 5.91 Å². The van der Waals surface area contributed by atoms with Crippen molar-refractivity contribution in [1.82, 2.24) is 20.0 Å². The van der Waals surface area contributed by atoms with Gasteiger partial charge in [-0.05, 0) is 30.2 Å². The number of benzene rings is 1. The van der Waals surface area contributed by atoms with Crippen LogP contribution in [0, 0.1) is 0 Å². The molecule has 1 aliphatic heterocycles. The van der Waals surface area contributed by atoms with Crippen molar-refractivity contribution in [2.75, 3.05) is 33.4 Å². The van der Waals surface area contributed by atoms with Gasteiger partial charge in [-0.2, -0.15) is 5.10 Å². The Kier molecular flexibility index (Phi) is 5.67. The molecule has 0 saturated carbocycles. The Morgan fingerprint density at radius 2 is 2.28 bits per heavy atom. The number of piperazine rings is 1. The third kappa shape index (κ3) is 4.18. The highest BCUT2D eigenvalue weighted by Crippen LogP contribution is 2.20. The lowest BCUT2D eigenvalue weighted by atomic mass is 10.1. The van der Waals surface area contributed by atoms with E-state index >= 15 is 0 Å². The lowest BCUT2D eigenvalue weighted by molar-refractivity contribution is 0.0391.